The quantitative estimate of drug-likeness (QED) is 0.393. The number of carbonyl (C=O) groups is 3. The van der Waals surface area contributed by atoms with Gasteiger partial charge < -0.3 is 14.2 Å². The monoisotopic (exact) mass is 308 g/mol. The highest BCUT2D eigenvalue weighted by Crippen LogP contribution is 2.13. The molecule has 1 unspecified atom stereocenters. The standard InChI is InChI=1S/C16H20O6/c1-3-20-15(18)13(14(17)16(19)21-4-2)10-11-22-12-8-6-5-7-9-12/h5-9,13H,3-4,10-11H2,1-2H3. The molecular weight excluding hydrogens is 288 g/mol. The van der Waals surface area contributed by atoms with Gasteiger partial charge in [-0.25, -0.2) is 4.79 Å². The van der Waals surface area contributed by atoms with Gasteiger partial charge in [0.15, 0.2) is 0 Å². The molecule has 0 amide bonds. The van der Waals surface area contributed by atoms with E-state index in [1.807, 2.05) is 18.2 Å². The van der Waals surface area contributed by atoms with Crippen LogP contribution in [0.25, 0.3) is 0 Å². The van der Waals surface area contributed by atoms with E-state index in [2.05, 4.69) is 4.74 Å². The van der Waals surface area contributed by atoms with Crippen molar-refractivity contribution >= 4 is 17.7 Å². The maximum atomic E-state index is 12.0. The second kappa shape index (κ2) is 9.55. The molecule has 120 valence electrons. The number of esters is 2. The molecule has 0 saturated carbocycles. The first kappa shape index (κ1) is 17.7. The number of rotatable bonds is 9. The number of carbonyl (C=O) groups excluding carboxylic acids is 3. The van der Waals surface area contributed by atoms with E-state index in [-0.39, 0.29) is 26.2 Å². The highest BCUT2D eigenvalue weighted by atomic mass is 16.5. The van der Waals surface area contributed by atoms with E-state index >= 15 is 0 Å². The van der Waals surface area contributed by atoms with Crippen molar-refractivity contribution in [1.82, 2.24) is 0 Å². The van der Waals surface area contributed by atoms with Gasteiger partial charge in [0.25, 0.3) is 5.78 Å². The van der Waals surface area contributed by atoms with Gasteiger partial charge in [0.05, 0.1) is 19.8 Å². The summed E-state index contributed by atoms with van der Waals surface area (Å²) in [4.78, 5) is 35.3. The molecule has 0 radical (unpaired) electrons. The Hall–Kier alpha value is -2.37. The van der Waals surface area contributed by atoms with E-state index in [1.54, 1.807) is 26.0 Å². The minimum atomic E-state index is -1.21. The van der Waals surface area contributed by atoms with Crippen LogP contribution in [-0.4, -0.2) is 37.5 Å². The van der Waals surface area contributed by atoms with E-state index in [4.69, 9.17) is 9.47 Å². The van der Waals surface area contributed by atoms with E-state index in [0.29, 0.717) is 5.75 Å². The lowest BCUT2D eigenvalue weighted by atomic mass is 10.0. The van der Waals surface area contributed by atoms with Gasteiger partial charge in [-0.3, -0.25) is 9.59 Å². The SMILES string of the molecule is CCOC(=O)C(=O)C(CCOc1ccccc1)C(=O)OCC. The van der Waals surface area contributed by atoms with Crippen molar-refractivity contribution < 1.29 is 28.6 Å². The van der Waals surface area contributed by atoms with Crippen molar-refractivity contribution in [3.63, 3.8) is 0 Å². The number of para-hydroxylation sites is 1. The molecule has 1 aromatic carbocycles. The zero-order valence-electron chi connectivity index (χ0n) is 12.7. The van der Waals surface area contributed by atoms with E-state index in [1.165, 1.54) is 0 Å². The molecule has 0 spiro atoms. The van der Waals surface area contributed by atoms with Crippen molar-refractivity contribution in [2.45, 2.75) is 20.3 Å². The second-order valence-corrected chi connectivity index (χ2v) is 4.34. The van der Waals surface area contributed by atoms with Crippen LogP contribution in [0.4, 0.5) is 0 Å². The van der Waals surface area contributed by atoms with Crippen molar-refractivity contribution in [3.05, 3.63) is 30.3 Å². The lowest BCUT2D eigenvalue weighted by Gasteiger charge is -2.14. The molecule has 0 aliphatic heterocycles. The van der Waals surface area contributed by atoms with Crippen molar-refractivity contribution in [3.8, 4) is 5.75 Å². The minimum Gasteiger partial charge on any atom is -0.494 e. The molecular formula is C16H20O6. The Kier molecular flexibility index (Phi) is 7.67. The first-order valence-electron chi connectivity index (χ1n) is 7.15. The smallest absolute Gasteiger partial charge is 0.375 e. The molecule has 0 aliphatic rings. The molecule has 0 saturated heterocycles. The summed E-state index contributed by atoms with van der Waals surface area (Å²) >= 11 is 0. The van der Waals surface area contributed by atoms with E-state index in [0.717, 1.165) is 0 Å². The molecule has 0 aromatic heterocycles. The van der Waals surface area contributed by atoms with Crippen molar-refractivity contribution in [2.24, 2.45) is 5.92 Å². The summed E-state index contributed by atoms with van der Waals surface area (Å²) in [5.74, 6) is -3.26. The van der Waals surface area contributed by atoms with Crippen molar-refractivity contribution in [1.29, 1.82) is 0 Å². The summed E-state index contributed by atoms with van der Waals surface area (Å²) in [7, 11) is 0. The minimum absolute atomic E-state index is 0.0470. The summed E-state index contributed by atoms with van der Waals surface area (Å²) in [5.41, 5.74) is 0. The molecule has 6 heteroatoms. The van der Waals surface area contributed by atoms with Gasteiger partial charge in [-0.05, 0) is 26.0 Å². The summed E-state index contributed by atoms with van der Waals surface area (Å²) < 4.78 is 14.9. The average molecular weight is 308 g/mol. The summed E-state index contributed by atoms with van der Waals surface area (Å²) in [6.45, 7) is 3.53. The van der Waals surface area contributed by atoms with Crippen LogP contribution in [0.5, 0.6) is 5.75 Å². The van der Waals surface area contributed by atoms with Gasteiger partial charge in [0, 0.05) is 6.42 Å². The third-order valence-corrected chi connectivity index (χ3v) is 2.78. The zero-order chi connectivity index (χ0) is 16.4. The fraction of sp³-hybridized carbons (Fsp3) is 0.438. The Morgan fingerprint density at radius 1 is 1.00 bits per heavy atom. The maximum Gasteiger partial charge on any atom is 0.375 e. The normalized spacial score (nSPS) is 11.4. The highest BCUT2D eigenvalue weighted by molar-refractivity contribution is 6.37. The van der Waals surface area contributed by atoms with Crippen LogP contribution in [0.3, 0.4) is 0 Å². The van der Waals surface area contributed by atoms with Gasteiger partial charge in [-0.1, -0.05) is 18.2 Å². The van der Waals surface area contributed by atoms with Crippen LogP contribution in [0.15, 0.2) is 30.3 Å². The molecule has 6 nitrogen and oxygen atoms in total. The molecule has 0 aliphatic carbocycles. The number of benzene rings is 1. The first-order chi connectivity index (χ1) is 10.6. The van der Waals surface area contributed by atoms with Crippen molar-refractivity contribution in [2.75, 3.05) is 19.8 Å². The van der Waals surface area contributed by atoms with Gasteiger partial charge in [0.1, 0.15) is 11.7 Å². The lowest BCUT2D eigenvalue weighted by Crippen LogP contribution is -2.34. The average Bonchev–Trinajstić information content (AvgIpc) is 2.52. The molecule has 0 bridgehead atoms. The summed E-state index contributed by atoms with van der Waals surface area (Å²) in [5, 5.41) is 0. The predicted molar refractivity (Wildman–Crippen MR) is 78.3 cm³/mol. The van der Waals surface area contributed by atoms with Crippen LogP contribution in [0.2, 0.25) is 0 Å². The third-order valence-electron chi connectivity index (χ3n) is 2.78. The van der Waals surface area contributed by atoms with Crippen LogP contribution in [-0.2, 0) is 23.9 Å². The van der Waals surface area contributed by atoms with Crippen LogP contribution in [0.1, 0.15) is 20.3 Å². The highest BCUT2D eigenvalue weighted by Gasteiger charge is 2.33. The molecule has 1 atom stereocenters. The molecule has 22 heavy (non-hydrogen) atoms. The largest absolute Gasteiger partial charge is 0.494 e. The number of ketones is 1. The fourth-order valence-electron chi connectivity index (χ4n) is 1.75. The van der Waals surface area contributed by atoms with Crippen LogP contribution >= 0.6 is 0 Å². The van der Waals surface area contributed by atoms with Gasteiger partial charge in [-0.2, -0.15) is 0 Å². The third kappa shape index (κ3) is 5.55. The Bertz CT molecular complexity index is 497. The molecule has 1 rings (SSSR count). The fourth-order valence-corrected chi connectivity index (χ4v) is 1.75. The van der Waals surface area contributed by atoms with Gasteiger partial charge in [-0.15, -0.1) is 0 Å². The number of ether oxygens (including phenoxy) is 3. The number of hydrogen-bond acceptors (Lipinski definition) is 6. The van der Waals surface area contributed by atoms with E-state index < -0.39 is 23.6 Å². The topological polar surface area (TPSA) is 78.9 Å². The second-order valence-electron chi connectivity index (χ2n) is 4.34. The number of Topliss-reactive ketones (excluding diaryl/α,β-unsaturated/α-hetero) is 1. The molecule has 0 heterocycles. The predicted octanol–water partition coefficient (Wildman–Crippen LogP) is 1.77. The zero-order valence-corrected chi connectivity index (χ0v) is 12.7. The lowest BCUT2D eigenvalue weighted by molar-refractivity contribution is -0.162. The van der Waals surface area contributed by atoms with Crippen LogP contribution < -0.4 is 4.74 Å². The molecule has 0 N–H and O–H groups in total. The molecule has 1 aromatic rings. The Morgan fingerprint density at radius 2 is 1.64 bits per heavy atom. The number of hydrogen-bond donors (Lipinski definition) is 0. The van der Waals surface area contributed by atoms with E-state index in [9.17, 15) is 14.4 Å². The molecule has 0 fully saturated rings. The Labute approximate surface area is 129 Å². The summed E-state index contributed by atoms with van der Waals surface area (Å²) in [6.07, 6.45) is 0.0470. The van der Waals surface area contributed by atoms with Gasteiger partial charge in [0.2, 0.25) is 0 Å². The van der Waals surface area contributed by atoms with Gasteiger partial charge >= 0.3 is 11.9 Å². The Morgan fingerprint density at radius 3 is 2.23 bits per heavy atom. The summed E-state index contributed by atoms with van der Waals surface area (Å²) in [6, 6.07) is 8.97. The maximum absolute atomic E-state index is 12.0. The Balaban J connectivity index is 2.63. The first-order valence-corrected chi connectivity index (χ1v) is 7.15. The van der Waals surface area contributed by atoms with Crippen LogP contribution in [0, 0.1) is 5.92 Å².